The summed E-state index contributed by atoms with van der Waals surface area (Å²) in [6.45, 7) is 3.73. The lowest BCUT2D eigenvalue weighted by molar-refractivity contribution is -0.124. The molecule has 0 amide bonds. The first kappa shape index (κ1) is 7.73. The van der Waals surface area contributed by atoms with Crippen molar-refractivity contribution < 1.29 is 9.90 Å². The Morgan fingerprint density at radius 2 is 2.30 bits per heavy atom. The maximum atomic E-state index is 11.1. The standard InChI is InChI=1S/C8H14O2/c1-5-3-4-7(10)8(5)6(2)9/h5-6,8-9H,3-4H2,1-2H3. The van der Waals surface area contributed by atoms with Crippen LogP contribution in [-0.2, 0) is 4.79 Å². The molecule has 2 nitrogen and oxygen atoms in total. The minimum absolute atomic E-state index is 0.0833. The van der Waals surface area contributed by atoms with Crippen molar-refractivity contribution >= 4 is 5.78 Å². The maximum absolute atomic E-state index is 11.1. The summed E-state index contributed by atoms with van der Waals surface area (Å²) in [6, 6.07) is 0. The highest BCUT2D eigenvalue weighted by atomic mass is 16.3. The summed E-state index contributed by atoms with van der Waals surface area (Å²) in [4.78, 5) is 11.1. The third kappa shape index (κ3) is 1.21. The predicted molar refractivity (Wildman–Crippen MR) is 38.6 cm³/mol. The zero-order valence-electron chi connectivity index (χ0n) is 6.50. The van der Waals surface area contributed by atoms with Crippen LogP contribution in [-0.4, -0.2) is 17.0 Å². The Morgan fingerprint density at radius 1 is 1.70 bits per heavy atom. The normalized spacial score (nSPS) is 36.5. The van der Waals surface area contributed by atoms with E-state index in [9.17, 15) is 9.90 Å². The molecule has 3 atom stereocenters. The lowest BCUT2D eigenvalue weighted by atomic mass is 9.93. The molecular formula is C8H14O2. The number of ketones is 1. The van der Waals surface area contributed by atoms with Gasteiger partial charge in [0.05, 0.1) is 6.10 Å². The van der Waals surface area contributed by atoms with Crippen molar-refractivity contribution in [1.29, 1.82) is 0 Å². The van der Waals surface area contributed by atoms with E-state index in [1.165, 1.54) is 0 Å². The first-order valence-electron chi connectivity index (χ1n) is 3.83. The number of carbonyl (C=O) groups excluding carboxylic acids is 1. The number of hydrogen-bond donors (Lipinski definition) is 1. The Balaban J connectivity index is 2.63. The van der Waals surface area contributed by atoms with Crippen molar-refractivity contribution in [2.24, 2.45) is 11.8 Å². The van der Waals surface area contributed by atoms with Gasteiger partial charge < -0.3 is 5.11 Å². The van der Waals surface area contributed by atoms with Gasteiger partial charge in [0.15, 0.2) is 0 Å². The number of Topliss-reactive ketones (excluding diaryl/α,β-unsaturated/α-hetero) is 1. The smallest absolute Gasteiger partial charge is 0.138 e. The van der Waals surface area contributed by atoms with E-state index in [4.69, 9.17) is 0 Å². The molecule has 3 unspecified atom stereocenters. The third-order valence-corrected chi connectivity index (χ3v) is 2.35. The maximum Gasteiger partial charge on any atom is 0.138 e. The van der Waals surface area contributed by atoms with Crippen LogP contribution in [0, 0.1) is 11.8 Å². The van der Waals surface area contributed by atoms with Crippen molar-refractivity contribution in [3.8, 4) is 0 Å². The summed E-state index contributed by atoms with van der Waals surface area (Å²) >= 11 is 0. The fraction of sp³-hybridized carbons (Fsp3) is 0.875. The lowest BCUT2D eigenvalue weighted by Crippen LogP contribution is -2.25. The van der Waals surface area contributed by atoms with Crippen molar-refractivity contribution in [2.75, 3.05) is 0 Å². The van der Waals surface area contributed by atoms with Gasteiger partial charge in [-0.15, -0.1) is 0 Å². The second kappa shape index (κ2) is 2.70. The van der Waals surface area contributed by atoms with Crippen LogP contribution in [0.25, 0.3) is 0 Å². The van der Waals surface area contributed by atoms with E-state index in [2.05, 4.69) is 0 Å². The Morgan fingerprint density at radius 3 is 2.50 bits per heavy atom. The third-order valence-electron chi connectivity index (χ3n) is 2.35. The topological polar surface area (TPSA) is 37.3 Å². The molecule has 0 bridgehead atoms. The van der Waals surface area contributed by atoms with E-state index in [0.717, 1.165) is 6.42 Å². The molecule has 2 heteroatoms. The average Bonchev–Trinajstić information content (AvgIpc) is 2.11. The molecule has 58 valence electrons. The largest absolute Gasteiger partial charge is 0.393 e. The first-order chi connectivity index (χ1) is 4.63. The Bertz CT molecular complexity index is 140. The van der Waals surface area contributed by atoms with Gasteiger partial charge in [-0.2, -0.15) is 0 Å². The summed E-state index contributed by atoms with van der Waals surface area (Å²) in [5, 5.41) is 9.17. The molecule has 0 aromatic carbocycles. The zero-order chi connectivity index (χ0) is 7.72. The molecule has 0 radical (unpaired) electrons. The molecule has 0 spiro atoms. The van der Waals surface area contributed by atoms with Crippen LogP contribution in [0.5, 0.6) is 0 Å². The van der Waals surface area contributed by atoms with E-state index in [-0.39, 0.29) is 11.7 Å². The number of rotatable bonds is 1. The molecule has 10 heavy (non-hydrogen) atoms. The summed E-state index contributed by atoms with van der Waals surface area (Å²) < 4.78 is 0. The lowest BCUT2D eigenvalue weighted by Gasteiger charge is -2.16. The molecule has 1 rings (SSSR count). The van der Waals surface area contributed by atoms with Crippen LogP contribution < -0.4 is 0 Å². The molecule has 1 fully saturated rings. The highest BCUT2D eigenvalue weighted by Gasteiger charge is 2.34. The van der Waals surface area contributed by atoms with Gasteiger partial charge in [0.2, 0.25) is 0 Å². The highest BCUT2D eigenvalue weighted by Crippen LogP contribution is 2.30. The van der Waals surface area contributed by atoms with Crippen LogP contribution in [0.1, 0.15) is 26.7 Å². The zero-order valence-corrected chi connectivity index (χ0v) is 6.50. The first-order valence-corrected chi connectivity index (χ1v) is 3.83. The molecule has 0 aliphatic heterocycles. The molecule has 0 saturated heterocycles. The Kier molecular flexibility index (Phi) is 2.09. The van der Waals surface area contributed by atoms with Crippen LogP contribution in [0.2, 0.25) is 0 Å². The van der Waals surface area contributed by atoms with Crippen LogP contribution in [0.4, 0.5) is 0 Å². The molecule has 1 saturated carbocycles. The van der Waals surface area contributed by atoms with Crippen LogP contribution >= 0.6 is 0 Å². The van der Waals surface area contributed by atoms with E-state index >= 15 is 0 Å². The predicted octanol–water partition coefficient (Wildman–Crippen LogP) is 0.982. The Hall–Kier alpha value is -0.370. The van der Waals surface area contributed by atoms with Gasteiger partial charge in [-0.1, -0.05) is 6.92 Å². The van der Waals surface area contributed by atoms with Gasteiger partial charge >= 0.3 is 0 Å². The fourth-order valence-corrected chi connectivity index (χ4v) is 1.78. The van der Waals surface area contributed by atoms with Gasteiger partial charge in [0.1, 0.15) is 5.78 Å². The SMILES string of the molecule is CC(O)C1C(=O)CCC1C. The molecule has 1 aliphatic rings. The van der Waals surface area contributed by atoms with E-state index < -0.39 is 6.10 Å². The van der Waals surface area contributed by atoms with Crippen LogP contribution in [0.15, 0.2) is 0 Å². The quantitative estimate of drug-likeness (QED) is 0.592. The highest BCUT2D eigenvalue weighted by molar-refractivity contribution is 5.83. The van der Waals surface area contributed by atoms with Crippen LogP contribution in [0.3, 0.4) is 0 Å². The number of carbonyl (C=O) groups is 1. The Labute approximate surface area is 61.2 Å². The molecule has 0 heterocycles. The number of aliphatic hydroxyl groups is 1. The summed E-state index contributed by atoms with van der Waals surface area (Å²) in [5.41, 5.74) is 0. The van der Waals surface area contributed by atoms with Gasteiger partial charge in [-0.05, 0) is 19.3 Å². The van der Waals surface area contributed by atoms with Gasteiger partial charge in [0.25, 0.3) is 0 Å². The minimum Gasteiger partial charge on any atom is -0.393 e. The summed E-state index contributed by atoms with van der Waals surface area (Å²) in [7, 11) is 0. The second-order valence-corrected chi connectivity index (χ2v) is 3.25. The fourth-order valence-electron chi connectivity index (χ4n) is 1.78. The molecule has 0 aromatic rings. The average molecular weight is 142 g/mol. The van der Waals surface area contributed by atoms with Gasteiger partial charge in [-0.3, -0.25) is 4.79 Å². The van der Waals surface area contributed by atoms with E-state index in [0.29, 0.717) is 12.3 Å². The molecule has 0 aromatic heterocycles. The molecular weight excluding hydrogens is 128 g/mol. The van der Waals surface area contributed by atoms with Gasteiger partial charge in [-0.25, -0.2) is 0 Å². The second-order valence-electron chi connectivity index (χ2n) is 3.25. The van der Waals surface area contributed by atoms with E-state index in [1.54, 1.807) is 6.92 Å². The minimum atomic E-state index is -0.454. The van der Waals surface area contributed by atoms with Crippen molar-refractivity contribution in [3.63, 3.8) is 0 Å². The molecule has 1 N–H and O–H groups in total. The monoisotopic (exact) mass is 142 g/mol. The summed E-state index contributed by atoms with van der Waals surface area (Å²) in [5.74, 6) is 0.537. The van der Waals surface area contributed by atoms with Crippen molar-refractivity contribution in [3.05, 3.63) is 0 Å². The summed E-state index contributed by atoms with van der Waals surface area (Å²) in [6.07, 6.45) is 1.16. The molecule has 1 aliphatic carbocycles. The van der Waals surface area contributed by atoms with E-state index in [1.807, 2.05) is 6.92 Å². The van der Waals surface area contributed by atoms with Gasteiger partial charge in [0, 0.05) is 12.3 Å². The van der Waals surface area contributed by atoms with Crippen molar-refractivity contribution in [1.82, 2.24) is 0 Å². The number of hydrogen-bond acceptors (Lipinski definition) is 2. The number of aliphatic hydroxyl groups excluding tert-OH is 1. The van der Waals surface area contributed by atoms with Crippen molar-refractivity contribution in [2.45, 2.75) is 32.8 Å².